The van der Waals surface area contributed by atoms with Crippen LogP contribution in [0.5, 0.6) is 11.5 Å². The summed E-state index contributed by atoms with van der Waals surface area (Å²) in [6.45, 7) is 0. The molecule has 1 aromatic heterocycles. The molecule has 1 aliphatic heterocycles. The summed E-state index contributed by atoms with van der Waals surface area (Å²) in [5, 5.41) is 16.2. The van der Waals surface area contributed by atoms with Gasteiger partial charge < -0.3 is 14.8 Å². The number of hydrogen-bond donors (Lipinski definition) is 1. The monoisotopic (exact) mass is 371 g/mol. The highest BCUT2D eigenvalue weighted by atomic mass is 35.5. The Bertz CT molecular complexity index is 912. The first-order valence-electron chi connectivity index (χ1n) is 8.22. The van der Waals surface area contributed by atoms with Gasteiger partial charge in [0.25, 0.3) is 0 Å². The highest BCUT2D eigenvalue weighted by Crippen LogP contribution is 2.43. The van der Waals surface area contributed by atoms with Crippen LogP contribution in [0.25, 0.3) is 0 Å². The first-order valence-corrected chi connectivity index (χ1v) is 8.60. The summed E-state index contributed by atoms with van der Waals surface area (Å²) in [5.41, 5.74) is 2.09. The predicted molar refractivity (Wildman–Crippen MR) is 97.9 cm³/mol. The first-order chi connectivity index (χ1) is 12.7. The molecule has 4 rings (SSSR count). The molecule has 2 heterocycles. The van der Waals surface area contributed by atoms with Gasteiger partial charge in [0.05, 0.1) is 26.3 Å². The number of anilines is 1. The molecule has 0 spiro atoms. The van der Waals surface area contributed by atoms with Gasteiger partial charge in [-0.25, -0.2) is 4.68 Å². The minimum atomic E-state index is -0.0908. The van der Waals surface area contributed by atoms with Crippen LogP contribution >= 0.6 is 11.6 Å². The molecule has 2 atom stereocenters. The van der Waals surface area contributed by atoms with Crippen molar-refractivity contribution in [3.05, 3.63) is 58.6 Å². The summed E-state index contributed by atoms with van der Waals surface area (Å²) in [5.74, 6) is 1.99. The van der Waals surface area contributed by atoms with E-state index >= 15 is 0 Å². The molecule has 0 aliphatic carbocycles. The second-order valence-corrected chi connectivity index (χ2v) is 6.47. The lowest BCUT2D eigenvalue weighted by Gasteiger charge is -2.32. The maximum atomic E-state index is 6.02. The van der Waals surface area contributed by atoms with Crippen molar-refractivity contribution in [2.24, 2.45) is 0 Å². The van der Waals surface area contributed by atoms with Crippen LogP contribution in [-0.2, 0) is 0 Å². The third-order valence-electron chi connectivity index (χ3n) is 4.62. The lowest BCUT2D eigenvalue weighted by molar-refractivity contribution is 0.339. The van der Waals surface area contributed by atoms with Crippen molar-refractivity contribution in [3.63, 3.8) is 0 Å². The van der Waals surface area contributed by atoms with Crippen molar-refractivity contribution >= 4 is 17.5 Å². The van der Waals surface area contributed by atoms with E-state index in [0.717, 1.165) is 17.5 Å². The third kappa shape index (κ3) is 2.84. The molecule has 2 aromatic carbocycles. The molecule has 0 fully saturated rings. The minimum Gasteiger partial charge on any atom is -0.493 e. The van der Waals surface area contributed by atoms with Gasteiger partial charge in [0.1, 0.15) is 0 Å². The molecule has 26 heavy (non-hydrogen) atoms. The highest BCUT2D eigenvalue weighted by Gasteiger charge is 2.33. The number of tetrazole rings is 1. The van der Waals surface area contributed by atoms with E-state index in [4.69, 9.17) is 21.1 Å². The number of ether oxygens (including phenoxy) is 2. The van der Waals surface area contributed by atoms with Crippen LogP contribution < -0.4 is 14.8 Å². The van der Waals surface area contributed by atoms with Gasteiger partial charge in [0.15, 0.2) is 11.5 Å². The van der Waals surface area contributed by atoms with Gasteiger partial charge in [-0.2, -0.15) is 0 Å². The molecule has 0 bridgehead atoms. The van der Waals surface area contributed by atoms with Crippen molar-refractivity contribution in [1.82, 2.24) is 20.2 Å². The smallest absolute Gasteiger partial charge is 0.243 e. The summed E-state index contributed by atoms with van der Waals surface area (Å²) in [7, 11) is 3.27. The van der Waals surface area contributed by atoms with Gasteiger partial charge in [-0.1, -0.05) is 41.0 Å². The number of aromatic nitrogens is 4. The first kappa shape index (κ1) is 16.7. The van der Waals surface area contributed by atoms with Gasteiger partial charge in [-0.05, 0) is 40.6 Å². The number of benzene rings is 2. The molecule has 0 amide bonds. The number of methoxy groups -OCH3 is 2. The van der Waals surface area contributed by atoms with E-state index < -0.39 is 0 Å². The third-order valence-corrected chi connectivity index (χ3v) is 4.87. The molecule has 1 N–H and O–H groups in total. The minimum absolute atomic E-state index is 0.0478. The lowest BCUT2D eigenvalue weighted by Crippen LogP contribution is -2.28. The van der Waals surface area contributed by atoms with E-state index in [2.05, 4.69) is 20.8 Å². The maximum absolute atomic E-state index is 6.02. The summed E-state index contributed by atoms with van der Waals surface area (Å²) in [6, 6.07) is 13.6. The Morgan fingerprint density at radius 2 is 1.92 bits per heavy atom. The van der Waals surface area contributed by atoms with E-state index in [1.165, 1.54) is 0 Å². The van der Waals surface area contributed by atoms with Crippen molar-refractivity contribution < 1.29 is 9.47 Å². The average molecular weight is 372 g/mol. The predicted octanol–water partition coefficient (Wildman–Crippen LogP) is 3.49. The number of fused-ring (bicyclic) bond motifs is 1. The van der Waals surface area contributed by atoms with Crippen molar-refractivity contribution in [3.8, 4) is 11.5 Å². The summed E-state index contributed by atoms with van der Waals surface area (Å²) in [6.07, 6.45) is 0.753. The van der Waals surface area contributed by atoms with Crippen LogP contribution in [0.1, 0.15) is 29.6 Å². The van der Waals surface area contributed by atoms with Crippen molar-refractivity contribution in [2.45, 2.75) is 18.5 Å². The number of halogens is 1. The van der Waals surface area contributed by atoms with E-state index in [9.17, 15) is 0 Å². The van der Waals surface area contributed by atoms with Gasteiger partial charge in [-0.15, -0.1) is 0 Å². The fraction of sp³-hybridized carbons (Fsp3) is 0.278. The largest absolute Gasteiger partial charge is 0.493 e. The molecule has 8 heteroatoms. The fourth-order valence-electron chi connectivity index (χ4n) is 3.38. The van der Waals surface area contributed by atoms with Crippen LogP contribution in [0.2, 0.25) is 5.02 Å². The van der Waals surface area contributed by atoms with Crippen molar-refractivity contribution in [1.29, 1.82) is 0 Å². The zero-order chi connectivity index (χ0) is 18.1. The Kier molecular flexibility index (Phi) is 4.38. The molecule has 0 radical (unpaired) electrons. The number of hydrogen-bond acceptors (Lipinski definition) is 6. The SMILES string of the molecule is COc1cccc(C2CC(c3ccc(Cl)cc3)Nc3nnnn32)c1OC. The Balaban J connectivity index is 1.78. The van der Waals surface area contributed by atoms with E-state index in [0.29, 0.717) is 22.5 Å². The van der Waals surface area contributed by atoms with E-state index in [-0.39, 0.29) is 12.1 Å². The Morgan fingerprint density at radius 1 is 1.12 bits per heavy atom. The summed E-state index contributed by atoms with van der Waals surface area (Å²) >= 11 is 6.02. The molecule has 2 unspecified atom stereocenters. The maximum Gasteiger partial charge on any atom is 0.243 e. The Labute approximate surface area is 155 Å². The van der Waals surface area contributed by atoms with Gasteiger partial charge in [-0.3, -0.25) is 0 Å². The van der Waals surface area contributed by atoms with Crippen LogP contribution in [0.3, 0.4) is 0 Å². The quantitative estimate of drug-likeness (QED) is 0.756. The second-order valence-electron chi connectivity index (χ2n) is 6.03. The number of nitrogens with one attached hydrogen (secondary N) is 1. The molecular weight excluding hydrogens is 354 g/mol. The molecular formula is C18H18ClN5O2. The molecule has 0 saturated carbocycles. The van der Waals surface area contributed by atoms with E-state index in [1.807, 2.05) is 42.5 Å². The molecule has 1 aliphatic rings. The number of nitrogens with zero attached hydrogens (tertiary/aromatic N) is 4. The molecule has 0 saturated heterocycles. The Hall–Kier alpha value is -2.80. The van der Waals surface area contributed by atoms with Gasteiger partial charge in [0.2, 0.25) is 5.95 Å². The van der Waals surface area contributed by atoms with Gasteiger partial charge in [0, 0.05) is 10.6 Å². The average Bonchev–Trinajstić information content (AvgIpc) is 3.15. The summed E-state index contributed by atoms with van der Waals surface area (Å²) in [4.78, 5) is 0. The molecule has 134 valence electrons. The van der Waals surface area contributed by atoms with Crippen LogP contribution in [-0.4, -0.2) is 34.4 Å². The fourth-order valence-corrected chi connectivity index (χ4v) is 3.51. The Morgan fingerprint density at radius 3 is 2.65 bits per heavy atom. The zero-order valence-electron chi connectivity index (χ0n) is 14.4. The normalized spacial score (nSPS) is 18.7. The number of rotatable bonds is 4. The standard InChI is InChI=1S/C18H18ClN5O2/c1-25-16-5-3-4-13(17(16)26-2)15-10-14(11-6-8-12(19)9-7-11)20-18-21-22-23-24(15)18/h3-9,14-15H,10H2,1-2H3,(H,20,21,23). The molecule has 3 aromatic rings. The van der Waals surface area contributed by atoms with Crippen molar-refractivity contribution in [2.75, 3.05) is 19.5 Å². The second kappa shape index (κ2) is 6.84. The highest BCUT2D eigenvalue weighted by molar-refractivity contribution is 6.30. The number of para-hydroxylation sites is 1. The van der Waals surface area contributed by atoms with Crippen LogP contribution in [0.4, 0.5) is 5.95 Å². The summed E-state index contributed by atoms with van der Waals surface area (Å²) < 4.78 is 12.9. The van der Waals surface area contributed by atoms with Crippen LogP contribution in [0.15, 0.2) is 42.5 Å². The zero-order valence-corrected chi connectivity index (χ0v) is 15.1. The van der Waals surface area contributed by atoms with Crippen LogP contribution in [0, 0.1) is 0 Å². The van der Waals surface area contributed by atoms with E-state index in [1.54, 1.807) is 18.9 Å². The van der Waals surface area contributed by atoms with Gasteiger partial charge >= 0.3 is 0 Å². The topological polar surface area (TPSA) is 74.1 Å². The lowest BCUT2D eigenvalue weighted by atomic mass is 9.92. The molecule has 7 nitrogen and oxygen atoms in total.